The second-order valence-electron chi connectivity index (χ2n) is 5.32. The quantitative estimate of drug-likeness (QED) is 0.655. The highest BCUT2D eigenvalue weighted by Crippen LogP contribution is 2.21. The van der Waals surface area contributed by atoms with E-state index in [1.807, 2.05) is 13.8 Å². The maximum Gasteiger partial charge on any atom is 0.416 e. The van der Waals surface area contributed by atoms with E-state index < -0.39 is 6.09 Å². The Balaban J connectivity index is 2.37. The SMILES string of the molecule is CCCCCCCC(=O)N1C(=O)OCC1C(C)C. The van der Waals surface area contributed by atoms with Gasteiger partial charge in [0.1, 0.15) is 6.61 Å². The summed E-state index contributed by atoms with van der Waals surface area (Å²) in [5, 5.41) is 0. The summed E-state index contributed by atoms with van der Waals surface area (Å²) < 4.78 is 4.97. The molecule has 0 aliphatic carbocycles. The largest absolute Gasteiger partial charge is 0.447 e. The maximum atomic E-state index is 12.0. The van der Waals surface area contributed by atoms with Crippen molar-refractivity contribution in [3.8, 4) is 0 Å². The molecule has 1 fully saturated rings. The third-order valence-corrected chi connectivity index (χ3v) is 3.44. The van der Waals surface area contributed by atoms with Crippen molar-refractivity contribution in [2.45, 2.75) is 65.3 Å². The molecule has 1 unspecified atom stereocenters. The zero-order valence-electron chi connectivity index (χ0n) is 11.8. The fraction of sp³-hybridized carbons (Fsp3) is 0.857. The van der Waals surface area contributed by atoms with Crippen LogP contribution >= 0.6 is 0 Å². The van der Waals surface area contributed by atoms with Gasteiger partial charge in [-0.15, -0.1) is 0 Å². The van der Waals surface area contributed by atoms with Gasteiger partial charge in [-0.2, -0.15) is 0 Å². The second kappa shape index (κ2) is 7.39. The van der Waals surface area contributed by atoms with Crippen LogP contribution in [0, 0.1) is 5.92 Å². The maximum absolute atomic E-state index is 12.0. The summed E-state index contributed by atoms with van der Waals surface area (Å²) in [7, 11) is 0. The van der Waals surface area contributed by atoms with Crippen molar-refractivity contribution in [2.75, 3.05) is 6.61 Å². The first-order valence-electron chi connectivity index (χ1n) is 7.06. The van der Waals surface area contributed by atoms with Gasteiger partial charge in [-0.3, -0.25) is 4.79 Å². The lowest BCUT2D eigenvalue weighted by Crippen LogP contribution is -2.41. The monoisotopic (exact) mass is 255 g/mol. The van der Waals surface area contributed by atoms with E-state index in [0.717, 1.165) is 12.8 Å². The number of nitrogens with zero attached hydrogens (tertiary/aromatic N) is 1. The molecule has 0 aromatic carbocycles. The Bertz CT molecular complexity index is 289. The van der Waals surface area contributed by atoms with E-state index >= 15 is 0 Å². The minimum atomic E-state index is -0.466. The molecule has 18 heavy (non-hydrogen) atoms. The zero-order chi connectivity index (χ0) is 13.5. The van der Waals surface area contributed by atoms with Crippen LogP contribution in [-0.2, 0) is 9.53 Å². The summed E-state index contributed by atoms with van der Waals surface area (Å²) in [6, 6.07) is -0.0827. The number of ether oxygens (including phenoxy) is 1. The number of imide groups is 1. The Morgan fingerprint density at radius 3 is 2.61 bits per heavy atom. The molecule has 0 aromatic heterocycles. The highest BCUT2D eigenvalue weighted by Gasteiger charge is 2.38. The standard InChI is InChI=1S/C14H25NO3/c1-4-5-6-7-8-9-13(16)15-12(11(2)3)10-18-14(15)17/h11-12H,4-10H2,1-3H3. The highest BCUT2D eigenvalue weighted by molar-refractivity contribution is 5.93. The van der Waals surface area contributed by atoms with Gasteiger partial charge < -0.3 is 4.74 Å². The van der Waals surface area contributed by atoms with E-state index in [1.54, 1.807) is 0 Å². The van der Waals surface area contributed by atoms with Crippen LogP contribution in [0.25, 0.3) is 0 Å². The lowest BCUT2D eigenvalue weighted by atomic mass is 10.0. The molecule has 1 aliphatic rings. The molecule has 0 bridgehead atoms. The van der Waals surface area contributed by atoms with Crippen molar-refractivity contribution in [2.24, 2.45) is 5.92 Å². The van der Waals surface area contributed by atoms with Crippen molar-refractivity contribution in [3.63, 3.8) is 0 Å². The van der Waals surface area contributed by atoms with Crippen molar-refractivity contribution in [1.29, 1.82) is 0 Å². The van der Waals surface area contributed by atoms with Crippen LogP contribution < -0.4 is 0 Å². The number of cyclic esters (lactones) is 1. The van der Waals surface area contributed by atoms with Gasteiger partial charge in [0.05, 0.1) is 6.04 Å². The van der Waals surface area contributed by atoms with Crippen LogP contribution in [0.1, 0.15) is 59.3 Å². The van der Waals surface area contributed by atoms with Gasteiger partial charge in [-0.25, -0.2) is 9.69 Å². The average molecular weight is 255 g/mol. The lowest BCUT2D eigenvalue weighted by molar-refractivity contribution is -0.129. The number of unbranched alkanes of at least 4 members (excludes halogenated alkanes) is 4. The predicted molar refractivity (Wildman–Crippen MR) is 70.2 cm³/mol. The third-order valence-electron chi connectivity index (χ3n) is 3.44. The summed E-state index contributed by atoms with van der Waals surface area (Å²) in [5.41, 5.74) is 0. The van der Waals surface area contributed by atoms with Crippen molar-refractivity contribution < 1.29 is 14.3 Å². The summed E-state index contributed by atoms with van der Waals surface area (Å²) in [6.45, 7) is 6.53. The number of hydrogen-bond acceptors (Lipinski definition) is 3. The number of carbonyl (C=O) groups is 2. The molecule has 104 valence electrons. The molecule has 1 saturated heterocycles. The Kier molecular flexibility index (Phi) is 6.16. The highest BCUT2D eigenvalue weighted by atomic mass is 16.6. The Hall–Kier alpha value is -1.06. The van der Waals surface area contributed by atoms with Gasteiger partial charge >= 0.3 is 6.09 Å². The first-order valence-corrected chi connectivity index (χ1v) is 7.06. The van der Waals surface area contributed by atoms with Crippen molar-refractivity contribution in [3.05, 3.63) is 0 Å². The summed E-state index contributed by atoms with van der Waals surface area (Å²) in [5.74, 6) is 0.174. The molecule has 0 N–H and O–H groups in total. The van der Waals surface area contributed by atoms with E-state index in [9.17, 15) is 9.59 Å². The topological polar surface area (TPSA) is 46.6 Å². The van der Waals surface area contributed by atoms with Crippen molar-refractivity contribution >= 4 is 12.0 Å². The molecule has 1 atom stereocenters. The van der Waals surface area contributed by atoms with Gasteiger partial charge in [0, 0.05) is 6.42 Å². The Morgan fingerprint density at radius 2 is 2.00 bits per heavy atom. The predicted octanol–water partition coefficient (Wildman–Crippen LogP) is 3.35. The zero-order valence-corrected chi connectivity index (χ0v) is 11.8. The smallest absolute Gasteiger partial charge is 0.416 e. The van der Waals surface area contributed by atoms with Crippen LogP contribution in [0.2, 0.25) is 0 Å². The summed E-state index contributed by atoms with van der Waals surface area (Å²) >= 11 is 0. The van der Waals surface area contributed by atoms with E-state index in [1.165, 1.54) is 24.2 Å². The van der Waals surface area contributed by atoms with Crippen LogP contribution in [0.4, 0.5) is 4.79 Å². The summed E-state index contributed by atoms with van der Waals surface area (Å²) in [4.78, 5) is 24.9. The number of amides is 2. The fourth-order valence-corrected chi connectivity index (χ4v) is 2.21. The molecule has 1 rings (SSSR count). The second-order valence-corrected chi connectivity index (χ2v) is 5.32. The minimum absolute atomic E-state index is 0.0762. The third kappa shape index (κ3) is 4.00. The molecular formula is C14H25NO3. The van der Waals surface area contributed by atoms with E-state index in [4.69, 9.17) is 4.74 Å². The van der Waals surface area contributed by atoms with Crippen LogP contribution in [-0.4, -0.2) is 29.5 Å². The minimum Gasteiger partial charge on any atom is -0.447 e. The molecule has 2 amide bonds. The molecule has 1 aliphatic heterocycles. The summed E-state index contributed by atoms with van der Waals surface area (Å²) in [6.07, 6.45) is 5.51. The van der Waals surface area contributed by atoms with E-state index in [2.05, 4.69) is 6.92 Å². The Morgan fingerprint density at radius 1 is 1.33 bits per heavy atom. The first kappa shape index (κ1) is 15.0. The van der Waals surface area contributed by atoms with Gasteiger partial charge in [0.15, 0.2) is 0 Å². The molecular weight excluding hydrogens is 230 g/mol. The van der Waals surface area contributed by atoms with E-state index in [-0.39, 0.29) is 17.9 Å². The van der Waals surface area contributed by atoms with Crippen molar-refractivity contribution in [1.82, 2.24) is 4.90 Å². The van der Waals surface area contributed by atoms with Gasteiger partial charge in [0.25, 0.3) is 0 Å². The average Bonchev–Trinajstić information content (AvgIpc) is 2.71. The Labute approximate surface area is 110 Å². The van der Waals surface area contributed by atoms with Crippen LogP contribution in [0.5, 0.6) is 0 Å². The molecule has 1 heterocycles. The molecule has 4 heteroatoms. The van der Waals surface area contributed by atoms with E-state index in [0.29, 0.717) is 13.0 Å². The number of rotatable bonds is 7. The van der Waals surface area contributed by atoms with Crippen LogP contribution in [0.3, 0.4) is 0 Å². The molecule has 4 nitrogen and oxygen atoms in total. The molecule has 0 aromatic rings. The lowest BCUT2D eigenvalue weighted by Gasteiger charge is -2.22. The van der Waals surface area contributed by atoms with Crippen LogP contribution in [0.15, 0.2) is 0 Å². The molecule has 0 spiro atoms. The molecule has 0 saturated carbocycles. The normalized spacial score (nSPS) is 19.4. The first-order chi connectivity index (χ1) is 8.57. The number of carbonyl (C=O) groups excluding carboxylic acids is 2. The van der Waals surface area contributed by atoms with Gasteiger partial charge in [-0.05, 0) is 12.3 Å². The number of hydrogen-bond donors (Lipinski definition) is 0. The molecule has 0 radical (unpaired) electrons. The van der Waals surface area contributed by atoms with Gasteiger partial charge in [0.2, 0.25) is 5.91 Å². The fourth-order valence-electron chi connectivity index (χ4n) is 2.21. The van der Waals surface area contributed by atoms with Gasteiger partial charge in [-0.1, -0.05) is 46.5 Å².